The average molecular weight is 191 g/mol. The van der Waals surface area contributed by atoms with Crippen LogP contribution < -0.4 is 5.73 Å². The maximum atomic E-state index is 5.40. The van der Waals surface area contributed by atoms with Gasteiger partial charge < -0.3 is 19.9 Å². The van der Waals surface area contributed by atoms with Crippen molar-refractivity contribution in [3.63, 3.8) is 0 Å². The summed E-state index contributed by atoms with van der Waals surface area (Å²) in [5.41, 5.74) is 5.25. The minimum atomic E-state index is 0.140. The molecule has 0 spiro atoms. The summed E-state index contributed by atoms with van der Waals surface area (Å²) >= 11 is 0. The molecule has 0 aliphatic heterocycles. The summed E-state index contributed by atoms with van der Waals surface area (Å²) in [4.78, 5) is 0. The Kier molecular flexibility index (Phi) is 9.80. The van der Waals surface area contributed by atoms with Crippen molar-refractivity contribution < 1.29 is 14.2 Å². The molecule has 0 aliphatic carbocycles. The Labute approximate surface area is 80.3 Å². The van der Waals surface area contributed by atoms with Gasteiger partial charge in [-0.3, -0.25) is 0 Å². The van der Waals surface area contributed by atoms with E-state index in [2.05, 4.69) is 0 Å². The molecule has 13 heavy (non-hydrogen) atoms. The number of ether oxygens (including phenoxy) is 3. The van der Waals surface area contributed by atoms with Crippen molar-refractivity contribution in [1.29, 1.82) is 0 Å². The van der Waals surface area contributed by atoms with Crippen LogP contribution in [0.25, 0.3) is 0 Å². The minimum Gasteiger partial charge on any atom is -0.379 e. The lowest BCUT2D eigenvalue weighted by Gasteiger charge is -2.12. The van der Waals surface area contributed by atoms with Crippen molar-refractivity contribution in [3.8, 4) is 0 Å². The number of hydrogen-bond acceptors (Lipinski definition) is 4. The van der Waals surface area contributed by atoms with Crippen molar-refractivity contribution in [2.45, 2.75) is 20.0 Å². The molecule has 4 heteroatoms. The molecule has 4 nitrogen and oxygen atoms in total. The number of nitrogens with two attached hydrogens (primary N) is 1. The fraction of sp³-hybridized carbons (Fsp3) is 1.00. The predicted molar refractivity (Wildman–Crippen MR) is 51.8 cm³/mol. The van der Waals surface area contributed by atoms with E-state index in [1.54, 1.807) is 0 Å². The molecule has 0 heterocycles. The van der Waals surface area contributed by atoms with Crippen LogP contribution >= 0.6 is 0 Å². The predicted octanol–water partition coefficient (Wildman–Crippen LogP) is 0.403. The van der Waals surface area contributed by atoms with Gasteiger partial charge in [-0.1, -0.05) is 0 Å². The fourth-order valence-electron chi connectivity index (χ4n) is 0.826. The number of rotatable bonds is 9. The molecule has 80 valence electrons. The van der Waals surface area contributed by atoms with Crippen molar-refractivity contribution in [2.75, 3.05) is 39.6 Å². The summed E-state index contributed by atoms with van der Waals surface area (Å²) in [6, 6.07) is 0. The van der Waals surface area contributed by atoms with Crippen LogP contribution in [0.15, 0.2) is 0 Å². The van der Waals surface area contributed by atoms with Gasteiger partial charge in [0.2, 0.25) is 0 Å². The van der Waals surface area contributed by atoms with Crippen LogP contribution in [0.4, 0.5) is 0 Å². The molecular weight excluding hydrogens is 170 g/mol. The molecule has 0 aromatic carbocycles. The van der Waals surface area contributed by atoms with Gasteiger partial charge in [0, 0.05) is 13.2 Å². The van der Waals surface area contributed by atoms with E-state index in [1.165, 1.54) is 0 Å². The van der Waals surface area contributed by atoms with Gasteiger partial charge in [0.1, 0.15) is 0 Å². The number of hydrogen-bond donors (Lipinski definition) is 1. The van der Waals surface area contributed by atoms with Crippen LogP contribution in [0.1, 0.15) is 13.8 Å². The molecule has 0 aromatic heterocycles. The lowest BCUT2D eigenvalue weighted by Crippen LogP contribution is -2.19. The zero-order valence-corrected chi connectivity index (χ0v) is 8.62. The Morgan fingerprint density at radius 2 is 1.92 bits per heavy atom. The van der Waals surface area contributed by atoms with E-state index in [9.17, 15) is 0 Å². The average Bonchev–Trinajstić information content (AvgIpc) is 2.14. The van der Waals surface area contributed by atoms with Crippen LogP contribution in [0, 0.1) is 0 Å². The highest BCUT2D eigenvalue weighted by Gasteiger charge is 2.00. The van der Waals surface area contributed by atoms with Crippen LogP contribution in [0.5, 0.6) is 0 Å². The van der Waals surface area contributed by atoms with Crippen LogP contribution in [-0.2, 0) is 14.2 Å². The summed E-state index contributed by atoms with van der Waals surface area (Å²) in [5.74, 6) is 0. The van der Waals surface area contributed by atoms with E-state index >= 15 is 0 Å². The molecule has 1 unspecified atom stereocenters. The summed E-state index contributed by atoms with van der Waals surface area (Å²) in [7, 11) is 0. The van der Waals surface area contributed by atoms with E-state index in [4.69, 9.17) is 19.9 Å². The Morgan fingerprint density at radius 1 is 1.15 bits per heavy atom. The van der Waals surface area contributed by atoms with Gasteiger partial charge in [-0.2, -0.15) is 0 Å². The molecule has 0 saturated carbocycles. The molecule has 0 amide bonds. The first-order chi connectivity index (χ1) is 6.31. The molecule has 0 bridgehead atoms. The van der Waals surface area contributed by atoms with Gasteiger partial charge >= 0.3 is 0 Å². The first-order valence-electron chi connectivity index (χ1n) is 4.78. The van der Waals surface area contributed by atoms with E-state index in [1.807, 2.05) is 13.8 Å². The summed E-state index contributed by atoms with van der Waals surface area (Å²) in [6.45, 7) is 7.71. The third-order valence-corrected chi connectivity index (χ3v) is 1.45. The highest BCUT2D eigenvalue weighted by atomic mass is 16.5. The smallest absolute Gasteiger partial charge is 0.0781 e. The van der Waals surface area contributed by atoms with Gasteiger partial charge in [0.05, 0.1) is 32.5 Å². The Balaban J connectivity index is 3.03. The Hall–Kier alpha value is -0.160. The quantitative estimate of drug-likeness (QED) is 0.536. The molecule has 0 rings (SSSR count). The summed E-state index contributed by atoms with van der Waals surface area (Å²) < 4.78 is 15.7. The third kappa shape index (κ3) is 9.76. The van der Waals surface area contributed by atoms with Crippen LogP contribution in [0.3, 0.4) is 0 Å². The molecule has 0 fully saturated rings. The largest absolute Gasteiger partial charge is 0.379 e. The molecule has 0 aliphatic rings. The minimum absolute atomic E-state index is 0.140. The molecule has 1 atom stereocenters. The maximum absolute atomic E-state index is 5.40. The standard InChI is InChI=1S/C9H21NO3/c1-3-11-8-9(2)13-7-6-12-5-4-10/h9H,3-8,10H2,1-2H3. The van der Waals surface area contributed by atoms with E-state index in [-0.39, 0.29) is 6.10 Å². The molecule has 0 aromatic rings. The van der Waals surface area contributed by atoms with Crippen LogP contribution in [0.2, 0.25) is 0 Å². The second-order valence-electron chi connectivity index (χ2n) is 2.74. The Bertz CT molecular complexity index is 101. The van der Waals surface area contributed by atoms with Crippen molar-refractivity contribution in [3.05, 3.63) is 0 Å². The lowest BCUT2D eigenvalue weighted by molar-refractivity contribution is -0.0266. The van der Waals surface area contributed by atoms with E-state index in [0.717, 1.165) is 6.61 Å². The van der Waals surface area contributed by atoms with Gasteiger partial charge in [0.15, 0.2) is 0 Å². The van der Waals surface area contributed by atoms with Gasteiger partial charge in [-0.05, 0) is 13.8 Å². The first kappa shape index (κ1) is 12.8. The normalized spacial score (nSPS) is 13.2. The summed E-state index contributed by atoms with van der Waals surface area (Å²) in [5, 5.41) is 0. The van der Waals surface area contributed by atoms with Crippen LogP contribution in [-0.4, -0.2) is 45.7 Å². The van der Waals surface area contributed by atoms with Gasteiger partial charge in [-0.25, -0.2) is 0 Å². The summed E-state index contributed by atoms with van der Waals surface area (Å²) in [6.07, 6.45) is 0.140. The Morgan fingerprint density at radius 3 is 2.54 bits per heavy atom. The fourth-order valence-corrected chi connectivity index (χ4v) is 0.826. The third-order valence-electron chi connectivity index (χ3n) is 1.45. The second kappa shape index (κ2) is 9.92. The highest BCUT2D eigenvalue weighted by Crippen LogP contribution is 1.91. The van der Waals surface area contributed by atoms with Crippen molar-refractivity contribution in [1.82, 2.24) is 0 Å². The second-order valence-corrected chi connectivity index (χ2v) is 2.74. The zero-order chi connectivity index (χ0) is 9.94. The zero-order valence-electron chi connectivity index (χ0n) is 8.62. The molecule has 0 saturated heterocycles. The highest BCUT2D eigenvalue weighted by molar-refractivity contribution is 4.46. The van der Waals surface area contributed by atoms with Gasteiger partial charge in [0.25, 0.3) is 0 Å². The first-order valence-corrected chi connectivity index (χ1v) is 4.78. The molecular formula is C9H21NO3. The maximum Gasteiger partial charge on any atom is 0.0781 e. The molecule has 2 N–H and O–H groups in total. The van der Waals surface area contributed by atoms with Crippen molar-refractivity contribution in [2.24, 2.45) is 5.73 Å². The monoisotopic (exact) mass is 191 g/mol. The van der Waals surface area contributed by atoms with Crippen molar-refractivity contribution >= 4 is 0 Å². The molecule has 0 radical (unpaired) electrons. The topological polar surface area (TPSA) is 53.7 Å². The van der Waals surface area contributed by atoms with E-state index < -0.39 is 0 Å². The van der Waals surface area contributed by atoms with E-state index in [0.29, 0.717) is 33.0 Å². The SMILES string of the molecule is CCOCC(C)OCCOCCN. The lowest BCUT2D eigenvalue weighted by atomic mass is 10.4. The van der Waals surface area contributed by atoms with Gasteiger partial charge in [-0.15, -0.1) is 0 Å².